The van der Waals surface area contributed by atoms with Crippen molar-refractivity contribution in [1.82, 2.24) is 9.97 Å². The van der Waals surface area contributed by atoms with Gasteiger partial charge >= 0.3 is 0 Å². The second-order valence-electron chi connectivity index (χ2n) is 9.43. The second-order valence-corrected chi connectivity index (χ2v) is 9.43. The summed E-state index contributed by atoms with van der Waals surface area (Å²) in [6, 6.07) is 34.3. The third-order valence-electron chi connectivity index (χ3n) is 6.99. The molecule has 3 heterocycles. The Labute approximate surface area is 264 Å². The van der Waals surface area contributed by atoms with Crippen molar-refractivity contribution >= 4 is 54.4 Å². The molecule has 0 unspecified atom stereocenters. The molecule has 8 aromatic rings. The van der Waals surface area contributed by atoms with Crippen LogP contribution in [0.4, 0.5) is 0 Å². The van der Waals surface area contributed by atoms with Crippen molar-refractivity contribution in [3.63, 3.8) is 0 Å². The monoisotopic (exact) mass is 716 g/mol. The van der Waals surface area contributed by atoms with Gasteiger partial charge < -0.3 is 14.4 Å². The molecule has 0 aliphatic carbocycles. The van der Waals surface area contributed by atoms with Crippen LogP contribution < -0.4 is 0 Å². The Hall–Kier alpha value is -4.37. The average Bonchev–Trinajstić information content (AvgIpc) is 3.46. The van der Waals surface area contributed by atoms with Crippen LogP contribution in [0.2, 0.25) is 0 Å². The molecule has 0 aliphatic heterocycles. The average molecular weight is 716 g/mol. The molecule has 201 valence electrons. The fourth-order valence-electron chi connectivity index (χ4n) is 5.16. The van der Waals surface area contributed by atoms with E-state index in [-0.39, 0.29) is 42.5 Å². The van der Waals surface area contributed by atoms with Crippen LogP contribution in [0.25, 0.3) is 65.6 Å². The summed E-state index contributed by atoms with van der Waals surface area (Å²) in [4.78, 5) is 8.67. The summed E-state index contributed by atoms with van der Waals surface area (Å²) in [5.74, 6) is 0. The van der Waals surface area contributed by atoms with Crippen LogP contribution >= 0.6 is 0 Å². The summed E-state index contributed by atoms with van der Waals surface area (Å²) < 4.78 is 73.0. The van der Waals surface area contributed by atoms with E-state index in [0.717, 1.165) is 44.4 Å². The van der Waals surface area contributed by atoms with E-state index < -0.39 is 20.6 Å². The van der Waals surface area contributed by atoms with Gasteiger partial charge in [-0.05, 0) is 58.8 Å². The molecule has 0 saturated carbocycles. The van der Waals surface area contributed by atoms with Gasteiger partial charge in [-0.2, -0.15) is 0 Å². The van der Waals surface area contributed by atoms with Gasteiger partial charge in [-0.15, -0.1) is 52.9 Å². The number of nitrogens with zero attached hydrogens (tertiary/aromatic N) is 2. The molecular formula is C37H26IrN2O-2. The maximum Gasteiger partial charge on any atom is 0.120 e. The van der Waals surface area contributed by atoms with Crippen molar-refractivity contribution in [3.05, 3.63) is 132 Å². The van der Waals surface area contributed by atoms with Gasteiger partial charge in [0.2, 0.25) is 0 Å². The van der Waals surface area contributed by atoms with Gasteiger partial charge in [0, 0.05) is 50.2 Å². The number of hydrogen-bond acceptors (Lipinski definition) is 3. The molecule has 5 aromatic carbocycles. The van der Waals surface area contributed by atoms with Crippen LogP contribution in [0.1, 0.15) is 29.0 Å². The fraction of sp³-hybridized carbons (Fsp3) is 0.0811. The van der Waals surface area contributed by atoms with E-state index in [1.165, 1.54) is 40.4 Å². The van der Waals surface area contributed by atoms with Gasteiger partial charge in [0.05, 0.1) is 5.58 Å². The van der Waals surface area contributed by atoms with Crippen molar-refractivity contribution in [2.24, 2.45) is 0 Å². The molecule has 0 bridgehead atoms. The number of pyridine rings is 2. The van der Waals surface area contributed by atoms with Gasteiger partial charge in [-0.1, -0.05) is 77.8 Å². The Bertz CT molecular complexity index is 2480. The molecule has 8 rings (SSSR count). The van der Waals surface area contributed by atoms with Crippen molar-refractivity contribution in [2.45, 2.75) is 20.6 Å². The summed E-state index contributed by atoms with van der Waals surface area (Å²) in [5.41, 5.74) is 2.82. The minimum Gasteiger partial charge on any atom is -0.500 e. The predicted octanol–water partition coefficient (Wildman–Crippen LogP) is 9.71. The van der Waals surface area contributed by atoms with Gasteiger partial charge in [0.15, 0.2) is 0 Å². The van der Waals surface area contributed by atoms with Crippen molar-refractivity contribution in [3.8, 4) is 11.3 Å². The Morgan fingerprint density at radius 3 is 2.29 bits per heavy atom. The number of rotatable bonds is 1. The zero-order valence-electron chi connectivity index (χ0n) is 30.5. The van der Waals surface area contributed by atoms with Crippen LogP contribution in [0.5, 0.6) is 0 Å². The number of hydrogen-bond donors (Lipinski definition) is 0. The maximum atomic E-state index is 7.54. The molecule has 0 amide bonds. The summed E-state index contributed by atoms with van der Waals surface area (Å²) in [7, 11) is 0. The second kappa shape index (κ2) is 10.9. The molecule has 41 heavy (non-hydrogen) atoms. The van der Waals surface area contributed by atoms with E-state index in [1.54, 1.807) is 0 Å². The first-order valence-electron chi connectivity index (χ1n) is 17.2. The Kier molecular flexibility index (Phi) is 4.82. The molecule has 0 atom stereocenters. The molecule has 0 aliphatic rings. The zero-order chi connectivity index (χ0) is 34.7. The van der Waals surface area contributed by atoms with E-state index in [4.69, 9.17) is 16.8 Å². The Balaban J connectivity index is 0.000000170. The number of aryl methyl sites for hydroxylation is 3. The van der Waals surface area contributed by atoms with E-state index in [2.05, 4.69) is 64.6 Å². The van der Waals surface area contributed by atoms with E-state index >= 15 is 0 Å². The van der Waals surface area contributed by atoms with Gasteiger partial charge in [0.1, 0.15) is 5.58 Å². The molecule has 0 fully saturated rings. The third kappa shape index (κ3) is 4.70. The third-order valence-corrected chi connectivity index (χ3v) is 6.99. The molecule has 3 nitrogen and oxygen atoms in total. The SMILES string of the molecule is [2H]C([2H])([2H])c1c[c-]c(-c2cc(C([2H])([2H])[2H])c(C([2H])([2H])[2H])cn2)cc1.[Ir].[c-]1cc2oc3ccccc3c2c2c1c1ncccc1c1ccccc12. The number of furan rings is 1. The summed E-state index contributed by atoms with van der Waals surface area (Å²) >= 11 is 0. The number of fused-ring (bicyclic) bond motifs is 10. The maximum absolute atomic E-state index is 7.54. The van der Waals surface area contributed by atoms with Crippen molar-refractivity contribution < 1.29 is 36.9 Å². The topological polar surface area (TPSA) is 38.9 Å². The predicted molar refractivity (Wildman–Crippen MR) is 166 cm³/mol. The van der Waals surface area contributed by atoms with Crippen LogP contribution in [-0.4, -0.2) is 9.97 Å². The first-order chi connectivity index (χ1) is 23.2. The van der Waals surface area contributed by atoms with Crippen LogP contribution in [0.15, 0.2) is 108 Å². The van der Waals surface area contributed by atoms with Crippen LogP contribution in [0, 0.1) is 32.7 Å². The molecule has 3 aromatic heterocycles. The first kappa shape index (κ1) is 18.1. The summed E-state index contributed by atoms with van der Waals surface area (Å²) in [6.45, 7) is -7.47. The van der Waals surface area contributed by atoms with E-state index in [0.29, 0.717) is 5.56 Å². The number of aromatic nitrogens is 2. The molecule has 0 saturated heterocycles. The smallest absolute Gasteiger partial charge is 0.120 e. The molecule has 0 spiro atoms. The summed E-state index contributed by atoms with van der Waals surface area (Å²) in [5, 5.41) is 8.09. The fourth-order valence-corrected chi connectivity index (χ4v) is 5.16. The van der Waals surface area contributed by atoms with E-state index in [1.807, 2.05) is 30.5 Å². The summed E-state index contributed by atoms with van der Waals surface area (Å²) in [6.07, 6.45) is 2.87. The number of para-hydroxylation sites is 1. The minimum absolute atomic E-state index is 0. The van der Waals surface area contributed by atoms with Crippen molar-refractivity contribution in [2.75, 3.05) is 0 Å². The molecule has 1 radical (unpaired) electrons. The molecule has 4 heteroatoms. The van der Waals surface area contributed by atoms with E-state index in [9.17, 15) is 0 Å². The normalized spacial score (nSPS) is 15.3. The van der Waals surface area contributed by atoms with Gasteiger partial charge in [0.25, 0.3) is 0 Å². The molecule has 0 N–H and O–H groups in total. The quantitative estimate of drug-likeness (QED) is 0.126. The van der Waals surface area contributed by atoms with Crippen LogP contribution in [0.3, 0.4) is 0 Å². The largest absolute Gasteiger partial charge is 0.500 e. The number of benzene rings is 5. The molecular weight excluding hydrogens is 681 g/mol. The van der Waals surface area contributed by atoms with Crippen molar-refractivity contribution in [1.29, 1.82) is 0 Å². The van der Waals surface area contributed by atoms with Gasteiger partial charge in [-0.3, -0.25) is 0 Å². The zero-order valence-corrected chi connectivity index (χ0v) is 23.8. The Morgan fingerprint density at radius 2 is 1.49 bits per heavy atom. The van der Waals surface area contributed by atoms with Gasteiger partial charge in [-0.25, -0.2) is 0 Å². The first-order valence-corrected chi connectivity index (χ1v) is 12.7. The standard InChI is InChI=1S/C23H12NO.C14H14N.Ir/c1-2-7-15-14(6-1)16-9-5-13-24-23(16)18-11-12-20-22(21(15)18)17-8-3-4-10-19(17)25-20;1-10-4-6-13(7-5-10)14-8-11(2)12(3)9-15-14;/h1-10,12-13H;4-6,8-9H,1-3H3;/q2*-1;/i;1D3,2D3,3D3;. The Morgan fingerprint density at radius 1 is 0.683 bits per heavy atom. The minimum atomic E-state index is -2.61. The van der Waals surface area contributed by atoms with Crippen LogP contribution in [-0.2, 0) is 20.1 Å².